The molecule has 10 aromatic carbocycles. The predicted molar refractivity (Wildman–Crippen MR) is 265 cm³/mol. The summed E-state index contributed by atoms with van der Waals surface area (Å²) in [6, 6.07) is 79.2. The van der Waals surface area contributed by atoms with Gasteiger partial charge in [0.2, 0.25) is 0 Å². The Morgan fingerprint density at radius 1 is 0.302 bits per heavy atom. The van der Waals surface area contributed by atoms with Crippen LogP contribution in [0, 0.1) is 0 Å². The van der Waals surface area contributed by atoms with Gasteiger partial charge in [-0.15, -0.1) is 0 Å². The Morgan fingerprint density at radius 2 is 0.873 bits per heavy atom. The molecule has 296 valence electrons. The SMILES string of the molecule is CC1(C)c2ccccc2-c2ccc(-c3cccc(-c4cc(-c5ccc(-c6c7ccccc7cc7c6ccc6ccccc67)cc5)nc(-c5ccc(-c6ccccc6)cc5)n4)c3)cc21. The van der Waals surface area contributed by atoms with Gasteiger partial charge in [0.15, 0.2) is 5.82 Å². The van der Waals surface area contributed by atoms with Crippen molar-refractivity contribution in [3.63, 3.8) is 0 Å². The van der Waals surface area contributed by atoms with E-state index in [1.54, 1.807) is 0 Å². The van der Waals surface area contributed by atoms with E-state index in [1.807, 2.05) is 0 Å². The minimum atomic E-state index is -0.0727. The van der Waals surface area contributed by atoms with E-state index < -0.39 is 0 Å². The molecule has 0 aliphatic heterocycles. The third-order valence-electron chi connectivity index (χ3n) is 13.3. The van der Waals surface area contributed by atoms with Crippen LogP contribution in [0.1, 0.15) is 25.0 Å². The molecule has 0 spiro atoms. The number of hydrogen-bond acceptors (Lipinski definition) is 2. The van der Waals surface area contributed by atoms with Crippen molar-refractivity contribution < 1.29 is 0 Å². The number of fused-ring (bicyclic) bond motifs is 7. The summed E-state index contributed by atoms with van der Waals surface area (Å²) in [4.78, 5) is 10.6. The Hall–Kier alpha value is -7.94. The van der Waals surface area contributed by atoms with Crippen molar-refractivity contribution in [2.24, 2.45) is 0 Å². The number of aromatic nitrogens is 2. The topological polar surface area (TPSA) is 25.8 Å². The van der Waals surface area contributed by atoms with E-state index in [2.05, 4.69) is 232 Å². The first kappa shape index (κ1) is 36.9. The summed E-state index contributed by atoms with van der Waals surface area (Å²) < 4.78 is 0. The van der Waals surface area contributed by atoms with Gasteiger partial charge >= 0.3 is 0 Å². The maximum Gasteiger partial charge on any atom is 0.160 e. The lowest BCUT2D eigenvalue weighted by molar-refractivity contribution is 0.660. The van der Waals surface area contributed by atoms with Crippen molar-refractivity contribution in [3.8, 4) is 78.4 Å². The highest BCUT2D eigenvalue weighted by Gasteiger charge is 2.35. The van der Waals surface area contributed by atoms with Crippen molar-refractivity contribution in [2.45, 2.75) is 19.3 Å². The second-order valence-corrected chi connectivity index (χ2v) is 17.3. The van der Waals surface area contributed by atoms with E-state index in [0.717, 1.165) is 39.2 Å². The molecular weight excluding hydrogens is 761 g/mol. The summed E-state index contributed by atoms with van der Waals surface area (Å²) in [5, 5.41) is 7.52. The van der Waals surface area contributed by atoms with Gasteiger partial charge in [-0.3, -0.25) is 0 Å². The number of benzene rings is 10. The van der Waals surface area contributed by atoms with Crippen LogP contribution in [0.4, 0.5) is 0 Å². The Morgan fingerprint density at radius 3 is 1.70 bits per heavy atom. The summed E-state index contributed by atoms with van der Waals surface area (Å²) in [5.41, 5.74) is 17.3. The molecule has 0 fully saturated rings. The van der Waals surface area contributed by atoms with Crippen molar-refractivity contribution in [2.75, 3.05) is 0 Å². The monoisotopic (exact) mass is 802 g/mol. The first-order chi connectivity index (χ1) is 31.0. The van der Waals surface area contributed by atoms with Crippen LogP contribution in [0.3, 0.4) is 0 Å². The van der Waals surface area contributed by atoms with Crippen LogP contribution in [0.2, 0.25) is 0 Å². The highest BCUT2D eigenvalue weighted by molar-refractivity contribution is 6.20. The van der Waals surface area contributed by atoms with E-state index in [9.17, 15) is 0 Å². The van der Waals surface area contributed by atoms with Crippen LogP contribution < -0.4 is 0 Å². The molecule has 11 aromatic rings. The zero-order valence-corrected chi connectivity index (χ0v) is 35.2. The van der Waals surface area contributed by atoms with E-state index >= 15 is 0 Å². The molecule has 1 aliphatic rings. The van der Waals surface area contributed by atoms with E-state index in [-0.39, 0.29) is 5.41 Å². The maximum atomic E-state index is 5.29. The van der Waals surface area contributed by atoms with Crippen LogP contribution in [0.25, 0.3) is 111 Å². The summed E-state index contributed by atoms with van der Waals surface area (Å²) >= 11 is 0. The normalized spacial score (nSPS) is 12.7. The fourth-order valence-electron chi connectivity index (χ4n) is 10.00. The molecule has 1 heterocycles. The highest BCUT2D eigenvalue weighted by atomic mass is 14.9. The highest BCUT2D eigenvalue weighted by Crippen LogP contribution is 2.49. The number of rotatable bonds is 6. The Labute approximate surface area is 367 Å². The number of nitrogens with zero attached hydrogens (tertiary/aromatic N) is 2. The molecule has 0 bridgehead atoms. The second-order valence-electron chi connectivity index (χ2n) is 17.3. The van der Waals surface area contributed by atoms with Crippen molar-refractivity contribution in [3.05, 3.63) is 230 Å². The maximum absolute atomic E-state index is 5.29. The van der Waals surface area contributed by atoms with Crippen molar-refractivity contribution >= 4 is 32.3 Å². The Kier molecular flexibility index (Phi) is 8.55. The van der Waals surface area contributed by atoms with E-state index in [0.29, 0.717) is 5.82 Å². The van der Waals surface area contributed by atoms with E-state index in [1.165, 1.54) is 76.8 Å². The molecule has 0 radical (unpaired) electrons. The molecule has 12 rings (SSSR count). The predicted octanol–water partition coefficient (Wildman–Crippen LogP) is 16.2. The third-order valence-corrected chi connectivity index (χ3v) is 13.3. The molecule has 0 saturated heterocycles. The summed E-state index contributed by atoms with van der Waals surface area (Å²) in [6.07, 6.45) is 0. The fourth-order valence-corrected chi connectivity index (χ4v) is 10.00. The van der Waals surface area contributed by atoms with Gasteiger partial charge in [-0.25, -0.2) is 9.97 Å². The summed E-state index contributed by atoms with van der Waals surface area (Å²) in [7, 11) is 0. The molecule has 0 N–H and O–H groups in total. The summed E-state index contributed by atoms with van der Waals surface area (Å²) in [5.74, 6) is 0.695. The second kappa shape index (κ2) is 14.6. The molecule has 2 nitrogen and oxygen atoms in total. The van der Waals surface area contributed by atoms with Gasteiger partial charge in [-0.2, -0.15) is 0 Å². The molecule has 0 saturated carbocycles. The lowest BCUT2D eigenvalue weighted by atomic mass is 9.81. The molecule has 1 aliphatic carbocycles. The minimum Gasteiger partial charge on any atom is -0.228 e. The molecule has 0 amide bonds. The van der Waals surface area contributed by atoms with Crippen LogP contribution in [-0.4, -0.2) is 9.97 Å². The van der Waals surface area contributed by atoms with Gasteiger partial charge in [-0.05, 0) is 112 Å². The van der Waals surface area contributed by atoms with Gasteiger partial charge in [0.1, 0.15) is 0 Å². The van der Waals surface area contributed by atoms with Gasteiger partial charge < -0.3 is 0 Å². The quantitative estimate of drug-likeness (QED) is 0.124. The Bertz CT molecular complexity index is 3560. The van der Waals surface area contributed by atoms with Crippen LogP contribution in [0.15, 0.2) is 218 Å². The first-order valence-corrected chi connectivity index (χ1v) is 21.8. The van der Waals surface area contributed by atoms with Crippen LogP contribution in [0.5, 0.6) is 0 Å². The zero-order valence-electron chi connectivity index (χ0n) is 35.2. The lowest BCUT2D eigenvalue weighted by Crippen LogP contribution is -2.14. The molecule has 0 atom stereocenters. The Balaban J connectivity index is 0.972. The zero-order chi connectivity index (χ0) is 42.1. The van der Waals surface area contributed by atoms with E-state index in [4.69, 9.17) is 9.97 Å². The average molecular weight is 803 g/mol. The first-order valence-electron chi connectivity index (χ1n) is 21.8. The largest absolute Gasteiger partial charge is 0.228 e. The van der Waals surface area contributed by atoms with Gasteiger partial charge in [-0.1, -0.05) is 208 Å². The smallest absolute Gasteiger partial charge is 0.160 e. The van der Waals surface area contributed by atoms with Gasteiger partial charge in [0.05, 0.1) is 11.4 Å². The molecular formula is C61H42N2. The van der Waals surface area contributed by atoms with Crippen molar-refractivity contribution in [1.29, 1.82) is 0 Å². The van der Waals surface area contributed by atoms with Gasteiger partial charge in [0.25, 0.3) is 0 Å². The average Bonchev–Trinajstić information content (AvgIpc) is 3.58. The van der Waals surface area contributed by atoms with Gasteiger partial charge in [0, 0.05) is 22.1 Å². The molecule has 63 heavy (non-hydrogen) atoms. The molecule has 0 unspecified atom stereocenters. The van der Waals surface area contributed by atoms with Crippen LogP contribution in [-0.2, 0) is 5.41 Å². The summed E-state index contributed by atoms with van der Waals surface area (Å²) in [6.45, 7) is 4.68. The minimum absolute atomic E-state index is 0.0727. The van der Waals surface area contributed by atoms with Crippen LogP contribution >= 0.6 is 0 Å². The number of hydrogen-bond donors (Lipinski definition) is 0. The third kappa shape index (κ3) is 6.25. The fraction of sp³-hybridized carbons (Fsp3) is 0.0492. The standard InChI is InChI=1S/C61H42N2/c1-61(2)55-22-11-10-21-51(55)52-33-32-46(37-56(52)61)45-17-12-18-48(35-45)58-38-57(62-60(63-58)44-29-23-40(24-30-44)39-13-4-3-5-14-39)42-25-27-43(28-26-42)59-50-20-9-7-16-47(50)36-54-49-19-8-6-15-41(49)31-34-53(54)59/h3-38H,1-2H3. The molecule has 1 aromatic heterocycles. The lowest BCUT2D eigenvalue weighted by Gasteiger charge is -2.22. The molecule has 2 heteroatoms. The van der Waals surface area contributed by atoms with Crippen molar-refractivity contribution in [1.82, 2.24) is 9.97 Å².